The van der Waals surface area contributed by atoms with Gasteiger partial charge < -0.3 is 34.5 Å². The lowest BCUT2D eigenvalue weighted by Gasteiger charge is -2.32. The summed E-state index contributed by atoms with van der Waals surface area (Å²) in [5, 5.41) is 0. The van der Waals surface area contributed by atoms with Crippen LogP contribution in [0.2, 0.25) is 0 Å². The van der Waals surface area contributed by atoms with Crippen molar-refractivity contribution in [2.24, 2.45) is 5.92 Å². The SMILES string of the molecule is COCCCOc1cc(C(=O)N(C[C@@H]2CN(C(=O)OC(C)(C)C)C[C@H]2NS(=O)(=O)Cc2cccc(N)c2)C(C)C)ccc1OC. The highest BCUT2D eigenvalue weighted by Crippen LogP contribution is 2.30. The van der Waals surface area contributed by atoms with Crippen molar-refractivity contribution in [2.45, 2.75) is 64.5 Å². The lowest BCUT2D eigenvalue weighted by atomic mass is 10.0. The molecule has 0 aliphatic carbocycles. The summed E-state index contributed by atoms with van der Waals surface area (Å²) in [6.07, 6.45) is 0.124. The molecule has 0 unspecified atom stereocenters. The predicted molar refractivity (Wildman–Crippen MR) is 173 cm³/mol. The van der Waals surface area contributed by atoms with E-state index in [1.807, 2.05) is 13.8 Å². The molecule has 2 aromatic rings. The van der Waals surface area contributed by atoms with Gasteiger partial charge in [-0.2, -0.15) is 0 Å². The Morgan fingerprint density at radius 3 is 2.42 bits per heavy atom. The monoisotopic (exact) mass is 648 g/mol. The van der Waals surface area contributed by atoms with E-state index in [-0.39, 0.29) is 37.3 Å². The molecule has 1 aliphatic rings. The van der Waals surface area contributed by atoms with Gasteiger partial charge in [-0.3, -0.25) is 4.79 Å². The van der Waals surface area contributed by atoms with Gasteiger partial charge >= 0.3 is 6.09 Å². The number of rotatable bonds is 14. The van der Waals surface area contributed by atoms with Crippen LogP contribution < -0.4 is 19.9 Å². The maximum atomic E-state index is 13.9. The second-order valence-electron chi connectivity index (χ2n) is 12.5. The number of sulfonamides is 1. The maximum absolute atomic E-state index is 13.9. The van der Waals surface area contributed by atoms with Crippen LogP contribution in [-0.2, 0) is 25.2 Å². The van der Waals surface area contributed by atoms with Crippen LogP contribution in [0.4, 0.5) is 10.5 Å². The van der Waals surface area contributed by atoms with Crippen LogP contribution in [0.15, 0.2) is 42.5 Å². The molecule has 250 valence electrons. The van der Waals surface area contributed by atoms with Gasteiger partial charge in [0.25, 0.3) is 5.91 Å². The highest BCUT2D eigenvalue weighted by Gasteiger charge is 2.41. The quantitative estimate of drug-likeness (QED) is 0.230. The number of anilines is 1. The van der Waals surface area contributed by atoms with Crippen molar-refractivity contribution >= 4 is 27.7 Å². The molecule has 1 aliphatic heterocycles. The number of carbonyl (C=O) groups excluding carboxylic acids is 2. The molecule has 1 fully saturated rings. The average Bonchev–Trinajstić information content (AvgIpc) is 3.33. The Morgan fingerprint density at radius 1 is 1.07 bits per heavy atom. The molecule has 1 heterocycles. The molecule has 13 heteroatoms. The number of hydrogen-bond acceptors (Lipinski definition) is 9. The number of ether oxygens (including phenoxy) is 4. The number of nitrogens with one attached hydrogen (secondary N) is 1. The summed E-state index contributed by atoms with van der Waals surface area (Å²) in [5.41, 5.74) is 6.53. The molecule has 12 nitrogen and oxygen atoms in total. The number of benzene rings is 2. The molecule has 0 spiro atoms. The summed E-state index contributed by atoms with van der Waals surface area (Å²) in [4.78, 5) is 30.1. The highest BCUT2D eigenvalue weighted by molar-refractivity contribution is 7.88. The van der Waals surface area contributed by atoms with Crippen LogP contribution in [0.5, 0.6) is 11.5 Å². The van der Waals surface area contributed by atoms with Gasteiger partial charge in [-0.15, -0.1) is 0 Å². The van der Waals surface area contributed by atoms with Gasteiger partial charge in [0.05, 0.1) is 19.5 Å². The number of hydrogen-bond donors (Lipinski definition) is 2. The van der Waals surface area contributed by atoms with E-state index in [1.54, 1.807) is 75.2 Å². The molecular formula is C32H48N4O8S. The van der Waals surface area contributed by atoms with E-state index in [0.717, 1.165) is 0 Å². The van der Waals surface area contributed by atoms with Crippen LogP contribution >= 0.6 is 0 Å². The zero-order valence-corrected chi connectivity index (χ0v) is 28.2. The van der Waals surface area contributed by atoms with Gasteiger partial charge in [-0.25, -0.2) is 17.9 Å². The Kier molecular flexibility index (Phi) is 12.5. The molecule has 3 rings (SSSR count). The van der Waals surface area contributed by atoms with Crippen molar-refractivity contribution in [1.29, 1.82) is 0 Å². The van der Waals surface area contributed by atoms with Gasteiger partial charge in [-0.05, 0) is 70.5 Å². The van der Waals surface area contributed by atoms with E-state index in [1.165, 1.54) is 12.0 Å². The fourth-order valence-corrected chi connectivity index (χ4v) is 6.52. The highest BCUT2D eigenvalue weighted by atomic mass is 32.2. The van der Waals surface area contributed by atoms with E-state index < -0.39 is 33.7 Å². The van der Waals surface area contributed by atoms with Gasteiger partial charge in [-0.1, -0.05) is 12.1 Å². The summed E-state index contributed by atoms with van der Waals surface area (Å²) in [6.45, 7) is 10.5. The Balaban J connectivity index is 1.86. The maximum Gasteiger partial charge on any atom is 0.410 e. The van der Waals surface area contributed by atoms with Crippen LogP contribution in [0, 0.1) is 5.92 Å². The summed E-state index contributed by atoms with van der Waals surface area (Å²) in [6, 6.07) is 10.8. The largest absolute Gasteiger partial charge is 0.493 e. The molecule has 0 saturated carbocycles. The summed E-state index contributed by atoms with van der Waals surface area (Å²) in [7, 11) is -0.685. The number of amides is 2. The molecule has 2 amide bonds. The number of carbonyl (C=O) groups is 2. The molecule has 1 saturated heterocycles. The van der Waals surface area contributed by atoms with Crippen molar-refractivity contribution in [1.82, 2.24) is 14.5 Å². The second kappa shape index (κ2) is 15.6. The van der Waals surface area contributed by atoms with Gasteiger partial charge in [0.15, 0.2) is 11.5 Å². The fourth-order valence-electron chi connectivity index (χ4n) is 5.09. The van der Waals surface area contributed by atoms with Crippen molar-refractivity contribution < 1.29 is 37.0 Å². The first kappa shape index (κ1) is 35.9. The smallest absolute Gasteiger partial charge is 0.410 e. The van der Waals surface area contributed by atoms with Crippen molar-refractivity contribution in [3.63, 3.8) is 0 Å². The van der Waals surface area contributed by atoms with Gasteiger partial charge in [0.1, 0.15) is 5.60 Å². The molecule has 45 heavy (non-hydrogen) atoms. The molecule has 3 N–H and O–H groups in total. The molecule has 2 aromatic carbocycles. The van der Waals surface area contributed by atoms with E-state index >= 15 is 0 Å². The number of nitrogens with two attached hydrogens (primary N) is 1. The third-order valence-electron chi connectivity index (χ3n) is 7.21. The molecule has 0 aromatic heterocycles. The zero-order chi connectivity index (χ0) is 33.4. The Hall–Kier alpha value is -3.55. The van der Waals surface area contributed by atoms with Crippen molar-refractivity contribution in [3.05, 3.63) is 53.6 Å². The molecule has 2 atom stereocenters. The second-order valence-corrected chi connectivity index (χ2v) is 14.2. The van der Waals surface area contributed by atoms with Crippen LogP contribution in [0.1, 0.15) is 57.0 Å². The summed E-state index contributed by atoms with van der Waals surface area (Å²) in [5.74, 6) is -0.0145. The minimum Gasteiger partial charge on any atom is -0.493 e. The summed E-state index contributed by atoms with van der Waals surface area (Å²) < 4.78 is 51.4. The van der Waals surface area contributed by atoms with E-state index in [4.69, 9.17) is 24.7 Å². The van der Waals surface area contributed by atoms with Crippen LogP contribution in [0.3, 0.4) is 0 Å². The first-order chi connectivity index (χ1) is 21.1. The van der Waals surface area contributed by atoms with E-state index in [2.05, 4.69) is 4.72 Å². The lowest BCUT2D eigenvalue weighted by molar-refractivity contribution is 0.0283. The van der Waals surface area contributed by atoms with Crippen molar-refractivity contribution in [2.75, 3.05) is 52.8 Å². The number of methoxy groups -OCH3 is 2. The Labute approximate surface area is 267 Å². The fraction of sp³-hybridized carbons (Fsp3) is 0.562. The van der Waals surface area contributed by atoms with Crippen molar-refractivity contribution in [3.8, 4) is 11.5 Å². The minimum absolute atomic E-state index is 0.0951. The molecule has 0 radical (unpaired) electrons. The number of nitrogen functional groups attached to an aromatic ring is 1. The first-order valence-corrected chi connectivity index (χ1v) is 16.7. The Bertz CT molecular complexity index is 1410. The number of likely N-dealkylation sites (tertiary alicyclic amines) is 1. The topological polar surface area (TPSA) is 150 Å². The normalized spacial score (nSPS) is 16.9. The predicted octanol–water partition coefficient (Wildman–Crippen LogP) is 3.90. The molecular weight excluding hydrogens is 600 g/mol. The lowest BCUT2D eigenvalue weighted by Crippen LogP contribution is -2.47. The number of nitrogens with zero attached hydrogens (tertiary/aromatic N) is 2. The third-order valence-corrected chi connectivity index (χ3v) is 8.58. The zero-order valence-electron chi connectivity index (χ0n) is 27.4. The first-order valence-electron chi connectivity index (χ1n) is 15.1. The van der Waals surface area contributed by atoms with Gasteiger partial charge in [0.2, 0.25) is 10.0 Å². The minimum atomic E-state index is -3.83. The summed E-state index contributed by atoms with van der Waals surface area (Å²) >= 11 is 0. The standard InChI is InChI=1S/C32H48N4O8S/c1-22(2)36(30(37)24-12-13-28(42-7)29(17-24)43-15-9-14-41-6)19-25-18-35(31(38)44-32(3,4)5)20-27(25)34-45(39,40)21-23-10-8-11-26(33)16-23/h8,10-13,16-17,22,25,27,34H,9,14-15,18-21,33H2,1-7H3/t25-,27+/m0/s1. The van der Waals surface area contributed by atoms with E-state index in [9.17, 15) is 18.0 Å². The van der Waals surface area contributed by atoms with E-state index in [0.29, 0.717) is 47.9 Å². The van der Waals surface area contributed by atoms with Crippen LogP contribution in [-0.4, -0.2) is 95.0 Å². The van der Waals surface area contributed by atoms with Crippen LogP contribution in [0.25, 0.3) is 0 Å². The van der Waals surface area contributed by atoms with Gasteiger partial charge in [0, 0.05) is 69.0 Å². The molecule has 0 bridgehead atoms. The average molecular weight is 649 g/mol. The Morgan fingerprint density at radius 2 is 1.80 bits per heavy atom. The third kappa shape index (κ3) is 10.8.